The van der Waals surface area contributed by atoms with Crippen LogP contribution in [0.15, 0.2) is 10.9 Å². The van der Waals surface area contributed by atoms with Crippen LogP contribution in [0.3, 0.4) is 0 Å². The molecule has 8 heteroatoms. The third kappa shape index (κ3) is 2.63. The van der Waals surface area contributed by atoms with E-state index in [1.807, 2.05) is 0 Å². The summed E-state index contributed by atoms with van der Waals surface area (Å²) in [7, 11) is 0. The molecule has 0 aromatic carbocycles. The molecule has 0 aliphatic carbocycles. The van der Waals surface area contributed by atoms with E-state index in [1.165, 1.54) is 6.07 Å². The van der Waals surface area contributed by atoms with Gasteiger partial charge in [-0.15, -0.1) is 13.2 Å². The van der Waals surface area contributed by atoms with E-state index in [0.29, 0.717) is 6.07 Å². The lowest BCUT2D eigenvalue weighted by Gasteiger charge is -2.10. The van der Waals surface area contributed by atoms with E-state index in [1.54, 1.807) is 4.98 Å². The molecule has 0 saturated heterocycles. The lowest BCUT2D eigenvalue weighted by molar-refractivity contribution is -0.275. The second-order valence-corrected chi connectivity index (χ2v) is 2.38. The Morgan fingerprint density at radius 2 is 2.13 bits per heavy atom. The Balaban J connectivity index is 3.29. The molecule has 0 fully saturated rings. The van der Waals surface area contributed by atoms with Crippen molar-refractivity contribution in [1.29, 1.82) is 5.26 Å². The molecule has 0 aliphatic heterocycles. The van der Waals surface area contributed by atoms with Crippen LogP contribution in [0.1, 0.15) is 5.56 Å². The first-order valence-electron chi connectivity index (χ1n) is 3.45. The molecular formula is C7H3F3N2O3. The van der Waals surface area contributed by atoms with Gasteiger partial charge in [-0.25, -0.2) is 0 Å². The van der Waals surface area contributed by atoms with E-state index in [9.17, 15) is 18.0 Å². The van der Waals surface area contributed by atoms with Crippen molar-refractivity contribution in [2.24, 2.45) is 0 Å². The highest BCUT2D eigenvalue weighted by molar-refractivity contribution is 5.47. The Morgan fingerprint density at radius 3 is 2.60 bits per heavy atom. The minimum Gasteiger partial charge on any atom is -0.492 e. The normalized spacial score (nSPS) is 10.8. The Hall–Kier alpha value is -2.17. The SMILES string of the molecule is N#Cc1cc(=O)[nH]c(O)c1OC(F)(F)F. The molecule has 1 rings (SSSR count). The van der Waals surface area contributed by atoms with Gasteiger partial charge in [0.25, 0.3) is 5.56 Å². The minimum absolute atomic E-state index is 0.584. The Morgan fingerprint density at radius 1 is 1.53 bits per heavy atom. The fourth-order valence-corrected chi connectivity index (χ4v) is 0.836. The van der Waals surface area contributed by atoms with Crippen molar-refractivity contribution in [2.45, 2.75) is 6.36 Å². The molecule has 0 radical (unpaired) electrons. The van der Waals surface area contributed by atoms with E-state index in [4.69, 9.17) is 10.4 Å². The van der Waals surface area contributed by atoms with Crippen LogP contribution in [0.2, 0.25) is 0 Å². The summed E-state index contributed by atoms with van der Waals surface area (Å²) in [5.41, 5.74) is -1.60. The summed E-state index contributed by atoms with van der Waals surface area (Å²) < 4.78 is 38.8. The number of aromatic hydroxyl groups is 1. The second kappa shape index (κ2) is 3.53. The third-order valence-corrected chi connectivity index (χ3v) is 1.31. The van der Waals surface area contributed by atoms with Gasteiger partial charge in [0.05, 0.1) is 0 Å². The fourth-order valence-electron chi connectivity index (χ4n) is 0.836. The first-order valence-corrected chi connectivity index (χ1v) is 3.45. The number of aromatic nitrogens is 1. The van der Waals surface area contributed by atoms with Crippen LogP contribution >= 0.6 is 0 Å². The van der Waals surface area contributed by atoms with Crippen LogP contribution in [-0.4, -0.2) is 16.5 Å². The minimum atomic E-state index is -5.05. The quantitative estimate of drug-likeness (QED) is 0.734. The molecule has 0 amide bonds. The molecule has 1 aromatic rings. The number of aromatic amines is 1. The van der Waals surface area contributed by atoms with Crippen molar-refractivity contribution >= 4 is 0 Å². The summed E-state index contributed by atoms with van der Waals surface area (Å²) in [6.07, 6.45) is -5.05. The number of nitrogens with one attached hydrogen (secondary N) is 1. The van der Waals surface area contributed by atoms with Crippen molar-refractivity contribution in [3.8, 4) is 17.7 Å². The first kappa shape index (κ1) is 10.9. The molecular weight excluding hydrogens is 217 g/mol. The molecule has 0 spiro atoms. The Labute approximate surface area is 80.3 Å². The van der Waals surface area contributed by atoms with Gasteiger partial charge < -0.3 is 9.84 Å². The smallest absolute Gasteiger partial charge is 0.492 e. The number of pyridine rings is 1. The van der Waals surface area contributed by atoms with Gasteiger partial charge in [0.1, 0.15) is 11.6 Å². The number of alkyl halides is 3. The monoisotopic (exact) mass is 220 g/mol. The van der Waals surface area contributed by atoms with Crippen molar-refractivity contribution in [3.63, 3.8) is 0 Å². The Bertz CT molecular complexity index is 472. The number of hydrogen-bond donors (Lipinski definition) is 2. The van der Waals surface area contributed by atoms with Gasteiger partial charge in [-0.3, -0.25) is 9.78 Å². The van der Waals surface area contributed by atoms with Gasteiger partial charge in [0, 0.05) is 6.07 Å². The lowest BCUT2D eigenvalue weighted by Crippen LogP contribution is -2.19. The molecule has 0 aliphatic rings. The van der Waals surface area contributed by atoms with Crippen molar-refractivity contribution in [1.82, 2.24) is 4.98 Å². The average Bonchev–Trinajstić information content (AvgIpc) is 2.07. The summed E-state index contributed by atoms with van der Waals surface area (Å²) in [5, 5.41) is 17.3. The number of nitriles is 1. The molecule has 1 heterocycles. The van der Waals surface area contributed by atoms with Crippen LogP contribution in [0.4, 0.5) is 13.2 Å². The molecule has 0 unspecified atom stereocenters. The van der Waals surface area contributed by atoms with Gasteiger partial charge in [-0.1, -0.05) is 0 Å². The number of ether oxygens (including phenoxy) is 1. The first-order chi connectivity index (χ1) is 6.83. The molecule has 5 nitrogen and oxygen atoms in total. The fraction of sp³-hybridized carbons (Fsp3) is 0.143. The van der Waals surface area contributed by atoms with Crippen molar-refractivity contribution < 1.29 is 23.0 Å². The van der Waals surface area contributed by atoms with Gasteiger partial charge in [-0.05, 0) is 0 Å². The summed E-state index contributed by atoms with van der Waals surface area (Å²) >= 11 is 0. The molecule has 0 atom stereocenters. The molecule has 80 valence electrons. The molecule has 2 N–H and O–H groups in total. The number of hydrogen-bond acceptors (Lipinski definition) is 4. The molecule has 0 bridgehead atoms. The molecule has 1 aromatic heterocycles. The maximum absolute atomic E-state index is 11.8. The summed E-state index contributed by atoms with van der Waals surface area (Å²) in [5.74, 6) is -2.26. The summed E-state index contributed by atoms with van der Waals surface area (Å²) in [6, 6.07) is 1.88. The number of nitrogens with zero attached hydrogens (tertiary/aromatic N) is 1. The van der Waals surface area contributed by atoms with Gasteiger partial charge in [0.15, 0.2) is 0 Å². The largest absolute Gasteiger partial charge is 0.573 e. The highest BCUT2D eigenvalue weighted by Gasteiger charge is 2.34. The van der Waals surface area contributed by atoms with Gasteiger partial charge >= 0.3 is 6.36 Å². The van der Waals surface area contributed by atoms with Crippen molar-refractivity contribution in [3.05, 3.63) is 22.0 Å². The zero-order valence-corrected chi connectivity index (χ0v) is 6.92. The zero-order chi connectivity index (χ0) is 11.6. The maximum atomic E-state index is 11.8. The van der Waals surface area contributed by atoms with Crippen molar-refractivity contribution in [2.75, 3.05) is 0 Å². The maximum Gasteiger partial charge on any atom is 0.573 e. The highest BCUT2D eigenvalue weighted by atomic mass is 19.4. The van der Waals surface area contributed by atoms with E-state index < -0.39 is 29.1 Å². The standard InChI is InChI=1S/C7H3F3N2O3/c8-7(9,10)15-5-3(2-11)1-4(13)12-6(5)14/h1H,(H2,12,13,14). The summed E-state index contributed by atoms with van der Waals surface area (Å²) in [6.45, 7) is 0. The van der Waals surface area contributed by atoms with E-state index in [0.717, 1.165) is 0 Å². The zero-order valence-electron chi connectivity index (χ0n) is 6.92. The van der Waals surface area contributed by atoms with E-state index in [-0.39, 0.29) is 0 Å². The van der Waals surface area contributed by atoms with E-state index in [2.05, 4.69) is 4.74 Å². The van der Waals surface area contributed by atoms with Gasteiger partial charge in [-0.2, -0.15) is 5.26 Å². The second-order valence-electron chi connectivity index (χ2n) is 2.38. The van der Waals surface area contributed by atoms with Crippen LogP contribution in [-0.2, 0) is 0 Å². The number of H-pyrrole nitrogens is 1. The number of rotatable bonds is 1. The lowest BCUT2D eigenvalue weighted by atomic mass is 10.2. The van der Waals surface area contributed by atoms with Crippen LogP contribution in [0.5, 0.6) is 11.6 Å². The summed E-state index contributed by atoms with van der Waals surface area (Å²) in [4.78, 5) is 12.3. The molecule has 0 saturated carbocycles. The Kier molecular flexibility index (Phi) is 2.57. The average molecular weight is 220 g/mol. The van der Waals surface area contributed by atoms with Crippen LogP contribution in [0, 0.1) is 11.3 Å². The van der Waals surface area contributed by atoms with Gasteiger partial charge in [0.2, 0.25) is 11.6 Å². The van der Waals surface area contributed by atoms with E-state index >= 15 is 0 Å². The molecule has 15 heavy (non-hydrogen) atoms. The topological polar surface area (TPSA) is 86.1 Å². The third-order valence-electron chi connectivity index (χ3n) is 1.31. The number of halogens is 3. The predicted octanol–water partition coefficient (Wildman–Crippen LogP) is 0.851. The highest BCUT2D eigenvalue weighted by Crippen LogP contribution is 2.31. The van der Waals surface area contributed by atoms with Crippen LogP contribution in [0.25, 0.3) is 0 Å². The predicted molar refractivity (Wildman–Crippen MR) is 40.1 cm³/mol. The van der Waals surface area contributed by atoms with Crippen LogP contribution < -0.4 is 10.3 Å².